The third-order valence-corrected chi connectivity index (χ3v) is 1.88. The number of aliphatic hydroxyl groups excluding tert-OH is 1. The van der Waals surface area contributed by atoms with Crippen molar-refractivity contribution in [2.75, 3.05) is 0 Å². The molecule has 1 aromatic heterocycles. The van der Waals surface area contributed by atoms with Crippen LogP contribution in [0.2, 0.25) is 0 Å². The van der Waals surface area contributed by atoms with Gasteiger partial charge in [0.25, 0.3) is 0 Å². The molecule has 0 spiro atoms. The first-order valence-corrected chi connectivity index (χ1v) is 4.48. The van der Waals surface area contributed by atoms with Gasteiger partial charge in [-0.3, -0.25) is 0 Å². The van der Waals surface area contributed by atoms with E-state index in [1.807, 2.05) is 31.4 Å². The topological polar surface area (TPSA) is 38.0 Å². The fourth-order valence-corrected chi connectivity index (χ4v) is 1.24. The standard InChI is InChI=1S/C10H16N2O/c1-4-12-7-11-6-9(12)10(13)5-8(2)3/h5-7,10,13H,4H2,1-3H3. The molecule has 3 nitrogen and oxygen atoms in total. The Morgan fingerprint density at radius 3 is 2.92 bits per heavy atom. The molecule has 0 aliphatic heterocycles. The highest BCUT2D eigenvalue weighted by molar-refractivity contribution is 5.12. The van der Waals surface area contributed by atoms with Gasteiger partial charge in [-0.15, -0.1) is 0 Å². The Morgan fingerprint density at radius 1 is 1.69 bits per heavy atom. The van der Waals surface area contributed by atoms with Crippen LogP contribution in [-0.4, -0.2) is 14.7 Å². The van der Waals surface area contributed by atoms with Crippen LogP contribution in [0, 0.1) is 0 Å². The van der Waals surface area contributed by atoms with Gasteiger partial charge < -0.3 is 9.67 Å². The SMILES string of the molecule is CCn1cncc1C(O)C=C(C)C. The monoisotopic (exact) mass is 180 g/mol. The van der Waals surface area contributed by atoms with Gasteiger partial charge in [-0.05, 0) is 20.8 Å². The molecule has 1 atom stereocenters. The summed E-state index contributed by atoms with van der Waals surface area (Å²) >= 11 is 0. The number of hydrogen-bond donors (Lipinski definition) is 1. The minimum absolute atomic E-state index is 0.535. The summed E-state index contributed by atoms with van der Waals surface area (Å²) in [6, 6.07) is 0. The molecule has 0 saturated heterocycles. The number of imidazole rings is 1. The average molecular weight is 180 g/mol. The van der Waals surface area contributed by atoms with Crippen molar-refractivity contribution in [1.29, 1.82) is 0 Å². The molecule has 1 unspecified atom stereocenters. The van der Waals surface area contributed by atoms with Gasteiger partial charge in [0, 0.05) is 6.54 Å². The molecular formula is C10H16N2O. The Morgan fingerprint density at radius 2 is 2.38 bits per heavy atom. The van der Waals surface area contributed by atoms with Crippen LogP contribution >= 0.6 is 0 Å². The van der Waals surface area contributed by atoms with E-state index in [0.29, 0.717) is 0 Å². The quantitative estimate of drug-likeness (QED) is 0.721. The van der Waals surface area contributed by atoms with Gasteiger partial charge in [0.2, 0.25) is 0 Å². The number of hydrogen-bond acceptors (Lipinski definition) is 2. The van der Waals surface area contributed by atoms with Crippen molar-refractivity contribution in [2.45, 2.75) is 33.4 Å². The molecule has 0 amide bonds. The summed E-state index contributed by atoms with van der Waals surface area (Å²) in [5.74, 6) is 0. The van der Waals surface area contributed by atoms with Crippen LogP contribution in [0.4, 0.5) is 0 Å². The van der Waals surface area contributed by atoms with E-state index < -0.39 is 6.10 Å². The van der Waals surface area contributed by atoms with Crippen LogP contribution in [0.25, 0.3) is 0 Å². The first kappa shape index (κ1) is 9.99. The van der Waals surface area contributed by atoms with Gasteiger partial charge in [-0.25, -0.2) is 4.98 Å². The Balaban J connectivity index is 2.88. The van der Waals surface area contributed by atoms with E-state index in [9.17, 15) is 5.11 Å². The smallest absolute Gasteiger partial charge is 0.114 e. The van der Waals surface area contributed by atoms with Crippen molar-refractivity contribution in [1.82, 2.24) is 9.55 Å². The van der Waals surface area contributed by atoms with Crippen LogP contribution in [0.15, 0.2) is 24.2 Å². The number of rotatable bonds is 3. The normalized spacial score (nSPS) is 12.6. The summed E-state index contributed by atoms with van der Waals surface area (Å²) in [6.45, 7) is 6.80. The Hall–Kier alpha value is -1.09. The van der Waals surface area contributed by atoms with E-state index >= 15 is 0 Å². The van der Waals surface area contributed by atoms with Crippen molar-refractivity contribution in [2.24, 2.45) is 0 Å². The third-order valence-electron chi connectivity index (χ3n) is 1.88. The van der Waals surface area contributed by atoms with E-state index in [0.717, 1.165) is 17.8 Å². The van der Waals surface area contributed by atoms with Crippen LogP contribution in [0.5, 0.6) is 0 Å². The summed E-state index contributed by atoms with van der Waals surface area (Å²) in [5, 5.41) is 9.75. The zero-order valence-electron chi connectivity index (χ0n) is 8.36. The highest BCUT2D eigenvalue weighted by atomic mass is 16.3. The Labute approximate surface area is 78.7 Å². The second-order valence-corrected chi connectivity index (χ2v) is 3.29. The van der Waals surface area contributed by atoms with Gasteiger partial charge in [0.15, 0.2) is 0 Å². The van der Waals surface area contributed by atoms with Gasteiger partial charge in [-0.2, -0.15) is 0 Å². The predicted octanol–water partition coefficient (Wildman–Crippen LogP) is 1.90. The Kier molecular flexibility index (Phi) is 3.25. The third kappa shape index (κ3) is 2.42. The number of allylic oxidation sites excluding steroid dienone is 1. The van der Waals surface area contributed by atoms with E-state index in [-0.39, 0.29) is 0 Å². The molecule has 0 saturated carbocycles. The van der Waals surface area contributed by atoms with Crippen molar-refractivity contribution >= 4 is 0 Å². The second kappa shape index (κ2) is 4.23. The van der Waals surface area contributed by atoms with Gasteiger partial charge in [0.1, 0.15) is 6.10 Å². The molecule has 0 aromatic carbocycles. The van der Waals surface area contributed by atoms with E-state index in [4.69, 9.17) is 0 Å². The van der Waals surface area contributed by atoms with Crippen LogP contribution in [-0.2, 0) is 6.54 Å². The molecule has 0 bridgehead atoms. The summed E-state index contributed by atoms with van der Waals surface area (Å²) < 4.78 is 1.93. The lowest BCUT2D eigenvalue weighted by atomic mass is 10.2. The lowest BCUT2D eigenvalue weighted by Gasteiger charge is -2.08. The minimum Gasteiger partial charge on any atom is -0.383 e. The number of aryl methyl sites for hydroxylation is 1. The fourth-order valence-electron chi connectivity index (χ4n) is 1.24. The Bertz CT molecular complexity index is 298. The molecule has 1 rings (SSSR count). The summed E-state index contributed by atoms with van der Waals surface area (Å²) in [5.41, 5.74) is 1.96. The molecule has 1 heterocycles. The zero-order valence-corrected chi connectivity index (χ0v) is 8.36. The maximum atomic E-state index is 9.75. The summed E-state index contributed by atoms with van der Waals surface area (Å²) in [6.07, 6.45) is 4.72. The first-order chi connectivity index (χ1) is 6.15. The van der Waals surface area contributed by atoms with Gasteiger partial charge >= 0.3 is 0 Å². The maximum Gasteiger partial charge on any atom is 0.114 e. The van der Waals surface area contributed by atoms with Crippen molar-refractivity contribution in [3.63, 3.8) is 0 Å². The molecular weight excluding hydrogens is 164 g/mol. The summed E-state index contributed by atoms with van der Waals surface area (Å²) in [7, 11) is 0. The molecule has 1 N–H and O–H groups in total. The lowest BCUT2D eigenvalue weighted by Crippen LogP contribution is -2.03. The number of nitrogens with zero attached hydrogens (tertiary/aromatic N) is 2. The van der Waals surface area contributed by atoms with Crippen LogP contribution in [0.1, 0.15) is 32.6 Å². The fraction of sp³-hybridized carbons (Fsp3) is 0.500. The van der Waals surface area contributed by atoms with Crippen LogP contribution < -0.4 is 0 Å². The van der Waals surface area contributed by atoms with Crippen molar-refractivity contribution in [3.8, 4) is 0 Å². The highest BCUT2D eigenvalue weighted by Gasteiger charge is 2.08. The van der Waals surface area contributed by atoms with Crippen molar-refractivity contribution < 1.29 is 5.11 Å². The molecule has 3 heteroatoms. The van der Waals surface area contributed by atoms with Gasteiger partial charge in [-0.1, -0.05) is 11.6 Å². The highest BCUT2D eigenvalue weighted by Crippen LogP contribution is 2.15. The van der Waals surface area contributed by atoms with Crippen molar-refractivity contribution in [3.05, 3.63) is 29.9 Å². The van der Waals surface area contributed by atoms with Crippen LogP contribution in [0.3, 0.4) is 0 Å². The number of aromatic nitrogens is 2. The minimum atomic E-state index is -0.535. The molecule has 0 fully saturated rings. The molecule has 72 valence electrons. The van der Waals surface area contributed by atoms with E-state index in [1.165, 1.54) is 0 Å². The zero-order chi connectivity index (χ0) is 9.84. The predicted molar refractivity (Wildman–Crippen MR) is 52.3 cm³/mol. The average Bonchev–Trinajstić information content (AvgIpc) is 2.49. The van der Waals surface area contributed by atoms with E-state index in [2.05, 4.69) is 4.98 Å². The largest absolute Gasteiger partial charge is 0.383 e. The summed E-state index contributed by atoms with van der Waals surface area (Å²) in [4.78, 5) is 4.00. The lowest BCUT2D eigenvalue weighted by molar-refractivity contribution is 0.217. The second-order valence-electron chi connectivity index (χ2n) is 3.29. The first-order valence-electron chi connectivity index (χ1n) is 4.48. The van der Waals surface area contributed by atoms with E-state index in [1.54, 1.807) is 12.5 Å². The van der Waals surface area contributed by atoms with Gasteiger partial charge in [0.05, 0.1) is 18.2 Å². The molecule has 0 aliphatic carbocycles. The molecule has 0 radical (unpaired) electrons. The maximum absolute atomic E-state index is 9.75. The molecule has 13 heavy (non-hydrogen) atoms. The molecule has 0 aliphatic rings. The number of aliphatic hydroxyl groups is 1. The molecule has 1 aromatic rings.